The topological polar surface area (TPSA) is 52.9 Å². The second kappa shape index (κ2) is 12.2. The second-order valence-corrected chi connectivity index (χ2v) is 9.75. The van der Waals surface area contributed by atoms with Gasteiger partial charge in [-0.2, -0.15) is 5.26 Å². The van der Waals surface area contributed by atoms with Crippen molar-refractivity contribution in [2.45, 2.75) is 56.6 Å². The Hall–Kier alpha value is -2.17. The summed E-state index contributed by atoms with van der Waals surface area (Å²) < 4.78 is 40.0. The third-order valence-corrected chi connectivity index (χ3v) is 7.01. The monoisotopic (exact) mass is 482 g/mol. The number of hydrogen-bond acceptors (Lipinski definition) is 3. The van der Waals surface area contributed by atoms with Crippen molar-refractivity contribution >= 4 is 35.0 Å². The molecule has 0 spiro atoms. The number of anilines is 1. The Morgan fingerprint density at radius 3 is 2.44 bits per heavy atom. The van der Waals surface area contributed by atoms with Crippen molar-refractivity contribution in [2.24, 2.45) is 11.8 Å². The van der Waals surface area contributed by atoms with Gasteiger partial charge in [-0.15, -0.1) is 11.8 Å². The minimum absolute atomic E-state index is 0.182. The van der Waals surface area contributed by atoms with Crippen LogP contribution in [-0.2, 0) is 0 Å². The van der Waals surface area contributed by atoms with E-state index in [2.05, 4.69) is 32.2 Å². The van der Waals surface area contributed by atoms with Gasteiger partial charge in [0.25, 0.3) is 5.91 Å². The number of nitriles is 1. The lowest BCUT2D eigenvalue weighted by Gasteiger charge is -2.26. The van der Waals surface area contributed by atoms with E-state index in [1.807, 2.05) is 0 Å². The Kier molecular flexibility index (Phi) is 9.92. The molecule has 0 fully saturated rings. The van der Waals surface area contributed by atoms with Gasteiger partial charge in [-0.1, -0.05) is 38.8 Å². The smallest absolute Gasteiger partial charge is 0.255 e. The van der Waals surface area contributed by atoms with Crippen LogP contribution in [0, 0.1) is 40.6 Å². The summed E-state index contributed by atoms with van der Waals surface area (Å²) >= 11 is 7.92. The van der Waals surface area contributed by atoms with Gasteiger partial charge in [-0.25, -0.2) is 13.2 Å². The molecule has 8 heteroatoms. The Bertz CT molecular complexity index is 973. The number of halogens is 4. The minimum Gasteiger partial charge on any atom is -0.322 e. The third kappa shape index (κ3) is 7.18. The van der Waals surface area contributed by atoms with Crippen molar-refractivity contribution in [3.8, 4) is 6.07 Å². The molecule has 0 aliphatic carbocycles. The van der Waals surface area contributed by atoms with Gasteiger partial charge in [-0.05, 0) is 42.9 Å². The molecule has 2 aromatic carbocycles. The van der Waals surface area contributed by atoms with Crippen LogP contribution in [0.5, 0.6) is 0 Å². The molecule has 2 aromatic rings. The lowest BCUT2D eigenvalue weighted by Crippen LogP contribution is -2.17. The maximum absolute atomic E-state index is 13.4. The molecule has 3 atom stereocenters. The number of benzene rings is 2. The number of thioether (sulfide) groups is 1. The standard InChI is InChI=1S/C24H26ClF3N2OS/c1-4-5-16(10-14(2)8-9-29)15(3)32-22-11-17(6-7-19(22)25)24(31)30-18-12-20(26)23(28)21(27)13-18/h6-7,11-16H,4-5,8,10H2,1-3H3,(H,30,31). The van der Waals surface area contributed by atoms with E-state index < -0.39 is 23.4 Å². The highest BCUT2D eigenvalue weighted by Gasteiger charge is 2.22. The molecule has 0 radical (unpaired) electrons. The summed E-state index contributed by atoms with van der Waals surface area (Å²) in [6.45, 7) is 6.30. The fourth-order valence-corrected chi connectivity index (χ4v) is 5.00. The first-order valence-corrected chi connectivity index (χ1v) is 11.7. The van der Waals surface area contributed by atoms with E-state index in [1.54, 1.807) is 23.9 Å². The molecule has 172 valence electrons. The van der Waals surface area contributed by atoms with Gasteiger partial charge in [0.15, 0.2) is 17.5 Å². The van der Waals surface area contributed by atoms with Crippen LogP contribution >= 0.6 is 23.4 Å². The predicted molar refractivity (Wildman–Crippen MR) is 123 cm³/mol. The maximum atomic E-state index is 13.4. The van der Waals surface area contributed by atoms with Crippen LogP contribution in [0.1, 0.15) is 56.8 Å². The van der Waals surface area contributed by atoms with Crippen LogP contribution in [0.25, 0.3) is 0 Å². The molecule has 3 nitrogen and oxygen atoms in total. The average molecular weight is 483 g/mol. The molecular weight excluding hydrogens is 457 g/mol. The van der Waals surface area contributed by atoms with E-state index in [0.717, 1.165) is 36.3 Å². The SMILES string of the molecule is CCCC(CC(C)CC#N)C(C)Sc1cc(C(=O)Nc2cc(F)c(F)c(F)c2)ccc1Cl. The number of amides is 1. The number of hydrogen-bond donors (Lipinski definition) is 1. The first kappa shape index (κ1) is 26.1. The Morgan fingerprint density at radius 1 is 1.19 bits per heavy atom. The van der Waals surface area contributed by atoms with Gasteiger partial charge in [0.1, 0.15) is 0 Å². The first-order valence-electron chi connectivity index (χ1n) is 10.4. The summed E-state index contributed by atoms with van der Waals surface area (Å²) in [5, 5.41) is 12.0. The molecule has 32 heavy (non-hydrogen) atoms. The van der Waals surface area contributed by atoms with Crippen molar-refractivity contribution in [3.63, 3.8) is 0 Å². The highest BCUT2D eigenvalue weighted by Crippen LogP contribution is 2.38. The van der Waals surface area contributed by atoms with Crippen LogP contribution in [0.4, 0.5) is 18.9 Å². The van der Waals surface area contributed by atoms with Gasteiger partial charge in [0.2, 0.25) is 0 Å². The van der Waals surface area contributed by atoms with Gasteiger partial charge < -0.3 is 5.32 Å². The van der Waals surface area contributed by atoms with Crippen molar-refractivity contribution < 1.29 is 18.0 Å². The maximum Gasteiger partial charge on any atom is 0.255 e. The zero-order valence-corrected chi connectivity index (χ0v) is 19.8. The minimum atomic E-state index is -1.59. The van der Waals surface area contributed by atoms with Crippen molar-refractivity contribution in [2.75, 3.05) is 5.32 Å². The fraction of sp³-hybridized carbons (Fsp3) is 0.417. The van der Waals surface area contributed by atoms with Gasteiger partial charge >= 0.3 is 0 Å². The highest BCUT2D eigenvalue weighted by molar-refractivity contribution is 8.00. The molecule has 0 bridgehead atoms. The molecule has 1 amide bonds. The van der Waals surface area contributed by atoms with Crippen molar-refractivity contribution in [1.29, 1.82) is 5.26 Å². The van der Waals surface area contributed by atoms with Crippen molar-refractivity contribution in [3.05, 3.63) is 58.4 Å². The van der Waals surface area contributed by atoms with Crippen LogP contribution in [-0.4, -0.2) is 11.2 Å². The van der Waals surface area contributed by atoms with E-state index in [0.29, 0.717) is 23.3 Å². The highest BCUT2D eigenvalue weighted by atomic mass is 35.5. The summed E-state index contributed by atoms with van der Waals surface area (Å²) in [4.78, 5) is 13.3. The summed E-state index contributed by atoms with van der Waals surface area (Å²) in [5.74, 6) is -4.26. The van der Waals surface area contributed by atoms with Gasteiger partial charge in [-0.3, -0.25) is 4.79 Å². The van der Waals surface area contributed by atoms with Crippen LogP contribution in [0.3, 0.4) is 0 Å². The number of nitrogens with one attached hydrogen (secondary N) is 1. The summed E-state index contributed by atoms with van der Waals surface area (Å²) in [6.07, 6.45) is 3.48. The van der Waals surface area contributed by atoms with E-state index in [1.165, 1.54) is 6.07 Å². The number of nitrogens with zero attached hydrogens (tertiary/aromatic N) is 1. The predicted octanol–water partition coefficient (Wildman–Crippen LogP) is 7.85. The van der Waals surface area contributed by atoms with E-state index in [-0.39, 0.29) is 16.5 Å². The van der Waals surface area contributed by atoms with Crippen LogP contribution < -0.4 is 5.32 Å². The van der Waals surface area contributed by atoms with E-state index in [9.17, 15) is 18.0 Å². The molecule has 0 aromatic heterocycles. The van der Waals surface area contributed by atoms with Crippen LogP contribution in [0.15, 0.2) is 35.2 Å². The molecule has 3 unspecified atom stereocenters. The Labute approximate surface area is 196 Å². The zero-order valence-electron chi connectivity index (χ0n) is 18.2. The summed E-state index contributed by atoms with van der Waals surface area (Å²) in [5.41, 5.74) is 0.0811. The van der Waals surface area contributed by atoms with Crippen LogP contribution in [0.2, 0.25) is 5.02 Å². The molecule has 0 saturated heterocycles. The first-order chi connectivity index (χ1) is 15.2. The molecule has 0 saturated carbocycles. The normalized spacial score (nSPS) is 13.8. The summed E-state index contributed by atoms with van der Waals surface area (Å²) in [7, 11) is 0. The molecule has 1 N–H and O–H groups in total. The number of rotatable bonds is 10. The largest absolute Gasteiger partial charge is 0.322 e. The van der Waals surface area contributed by atoms with Gasteiger partial charge in [0, 0.05) is 39.9 Å². The Balaban J connectivity index is 2.17. The zero-order chi connectivity index (χ0) is 23.8. The summed E-state index contributed by atoms with van der Waals surface area (Å²) in [6, 6.07) is 8.42. The number of carbonyl (C=O) groups is 1. The van der Waals surface area contributed by atoms with Gasteiger partial charge in [0.05, 0.1) is 11.1 Å². The quantitative estimate of drug-likeness (QED) is 0.277. The molecular formula is C24H26ClF3N2OS. The van der Waals surface area contributed by atoms with E-state index >= 15 is 0 Å². The van der Waals surface area contributed by atoms with E-state index in [4.69, 9.17) is 16.9 Å². The number of carbonyl (C=O) groups excluding carboxylic acids is 1. The van der Waals surface area contributed by atoms with Crippen molar-refractivity contribution in [1.82, 2.24) is 0 Å². The Morgan fingerprint density at radius 2 is 1.84 bits per heavy atom. The third-order valence-electron chi connectivity index (χ3n) is 5.22. The molecule has 0 heterocycles. The fourth-order valence-electron chi connectivity index (χ4n) is 3.53. The average Bonchev–Trinajstić information content (AvgIpc) is 2.73. The molecule has 2 rings (SSSR count). The lowest BCUT2D eigenvalue weighted by molar-refractivity contribution is 0.102. The second-order valence-electron chi connectivity index (χ2n) is 7.93. The molecule has 0 aliphatic heterocycles. The molecule has 0 aliphatic rings. The lowest BCUT2D eigenvalue weighted by atomic mass is 9.88.